The highest BCUT2D eigenvalue weighted by Crippen LogP contribution is 2.43. The van der Waals surface area contributed by atoms with E-state index < -0.39 is 34.2 Å². The molecule has 0 amide bonds. The molecule has 0 fully saturated rings. The van der Waals surface area contributed by atoms with E-state index in [9.17, 15) is 18.1 Å². The lowest BCUT2D eigenvalue weighted by molar-refractivity contribution is -0.125. The Morgan fingerprint density at radius 2 is 1.73 bits per heavy atom. The smallest absolute Gasteiger partial charge is 0.210 e. The molecular weight excluding hydrogens is 382 g/mol. The van der Waals surface area contributed by atoms with E-state index in [2.05, 4.69) is 0 Å². The first-order valence-electron chi connectivity index (χ1n) is 7.68. The molecule has 1 aliphatic rings. The number of benzene rings is 2. The average Bonchev–Trinajstić information content (AvgIpc) is 2.76. The van der Waals surface area contributed by atoms with Crippen molar-refractivity contribution >= 4 is 39.9 Å². The van der Waals surface area contributed by atoms with Crippen LogP contribution in [0, 0.1) is 11.6 Å². The van der Waals surface area contributed by atoms with Crippen LogP contribution in [0.5, 0.6) is 0 Å². The van der Waals surface area contributed by atoms with E-state index in [1.807, 2.05) is 0 Å². The van der Waals surface area contributed by atoms with Crippen molar-refractivity contribution in [1.82, 2.24) is 0 Å². The number of rotatable bonds is 3. The van der Waals surface area contributed by atoms with Crippen LogP contribution in [-0.2, 0) is 20.7 Å². The maximum absolute atomic E-state index is 13.7. The molecule has 3 nitrogen and oxygen atoms in total. The highest BCUT2D eigenvalue weighted by molar-refractivity contribution is 7.90. The highest BCUT2D eigenvalue weighted by Gasteiger charge is 2.43. The van der Waals surface area contributed by atoms with Gasteiger partial charge in [0.05, 0.1) is 10.6 Å². The van der Waals surface area contributed by atoms with Crippen LogP contribution >= 0.6 is 11.6 Å². The third-order valence-electron chi connectivity index (χ3n) is 4.03. The van der Waals surface area contributed by atoms with E-state index in [4.69, 9.17) is 16.3 Å². The minimum Gasteiger partial charge on any atom is -0.612 e. The van der Waals surface area contributed by atoms with E-state index in [1.54, 1.807) is 26.0 Å². The molecule has 136 valence electrons. The van der Waals surface area contributed by atoms with E-state index in [1.165, 1.54) is 12.3 Å². The molecule has 2 aromatic carbocycles. The first-order chi connectivity index (χ1) is 12.1. The van der Waals surface area contributed by atoms with Gasteiger partial charge in [-0.15, -0.1) is 0 Å². The molecule has 1 atom stereocenters. The Balaban J connectivity index is 2.23. The quantitative estimate of drug-likeness (QED) is 0.712. The third-order valence-corrected chi connectivity index (χ3v) is 5.26. The van der Waals surface area contributed by atoms with Crippen LogP contribution < -0.4 is 0 Å². The van der Waals surface area contributed by atoms with Gasteiger partial charge in [-0.25, -0.2) is 8.78 Å². The summed E-state index contributed by atoms with van der Waals surface area (Å²) in [5.74, 6) is -1.86. The Morgan fingerprint density at radius 3 is 2.27 bits per heavy atom. The van der Waals surface area contributed by atoms with Crippen molar-refractivity contribution in [2.24, 2.45) is 0 Å². The van der Waals surface area contributed by atoms with Gasteiger partial charge in [-0.05, 0) is 54.9 Å². The van der Waals surface area contributed by atoms with Gasteiger partial charge < -0.3 is 9.29 Å². The lowest BCUT2D eigenvalue weighted by atomic mass is 9.92. The lowest BCUT2D eigenvalue weighted by Gasteiger charge is -2.18. The van der Waals surface area contributed by atoms with Gasteiger partial charge in [-0.3, -0.25) is 4.79 Å². The van der Waals surface area contributed by atoms with Crippen molar-refractivity contribution in [2.75, 3.05) is 6.26 Å². The fraction of sp³-hybridized carbons (Fsp3) is 0.211. The standard InChI is InChI=1S/C19H15ClF2O3S/c1-19(2)18(23)16(10-6-11(21)8-12(22)7-10)17(25-19)14-5-4-13(26(3)24)9-15(14)20/h4-9H,1-3H3. The summed E-state index contributed by atoms with van der Waals surface area (Å²) < 4.78 is 44.8. The second-order valence-electron chi connectivity index (χ2n) is 6.40. The maximum Gasteiger partial charge on any atom is 0.210 e. The molecule has 0 bridgehead atoms. The van der Waals surface area contributed by atoms with Gasteiger partial charge in [0.15, 0.2) is 10.5 Å². The summed E-state index contributed by atoms with van der Waals surface area (Å²) in [4.78, 5) is 13.3. The lowest BCUT2D eigenvalue weighted by Crippen LogP contribution is -2.29. The summed E-state index contributed by atoms with van der Waals surface area (Å²) >= 11 is 5.07. The maximum atomic E-state index is 13.7. The second kappa shape index (κ2) is 6.68. The van der Waals surface area contributed by atoms with Gasteiger partial charge >= 0.3 is 0 Å². The molecule has 1 aliphatic heterocycles. The van der Waals surface area contributed by atoms with Gasteiger partial charge in [0.2, 0.25) is 5.78 Å². The summed E-state index contributed by atoms with van der Waals surface area (Å²) in [6.45, 7) is 3.14. The fourth-order valence-corrected chi connectivity index (χ4v) is 3.64. The Hall–Kier alpha value is -1.89. The normalized spacial score (nSPS) is 17.4. The largest absolute Gasteiger partial charge is 0.612 e. The number of ether oxygens (including phenoxy) is 1. The first-order valence-corrected chi connectivity index (χ1v) is 9.61. The van der Waals surface area contributed by atoms with Crippen molar-refractivity contribution in [3.63, 3.8) is 0 Å². The van der Waals surface area contributed by atoms with E-state index in [0.29, 0.717) is 10.5 Å². The molecule has 0 spiro atoms. The zero-order valence-corrected chi connectivity index (χ0v) is 15.8. The number of carbonyl (C=O) groups is 1. The molecule has 1 heterocycles. The van der Waals surface area contributed by atoms with Crippen LogP contribution in [0.15, 0.2) is 41.3 Å². The number of carbonyl (C=O) groups excluding carboxylic acids is 1. The average molecular weight is 397 g/mol. The summed E-state index contributed by atoms with van der Waals surface area (Å²) in [6, 6.07) is 7.58. The van der Waals surface area contributed by atoms with Crippen LogP contribution in [0.25, 0.3) is 11.3 Å². The van der Waals surface area contributed by atoms with Crippen LogP contribution in [0.3, 0.4) is 0 Å². The third kappa shape index (κ3) is 3.37. The van der Waals surface area contributed by atoms with Gasteiger partial charge in [0.25, 0.3) is 0 Å². The molecule has 1 unspecified atom stereocenters. The van der Waals surface area contributed by atoms with Gasteiger partial charge in [-0.1, -0.05) is 11.6 Å². The summed E-state index contributed by atoms with van der Waals surface area (Å²) in [5, 5.41) is 0.229. The van der Waals surface area contributed by atoms with Crippen LogP contribution in [0.1, 0.15) is 25.0 Å². The molecule has 0 aliphatic carbocycles. The summed E-state index contributed by atoms with van der Waals surface area (Å²) in [7, 11) is 0. The molecule has 0 N–H and O–H groups in total. The summed E-state index contributed by atoms with van der Waals surface area (Å²) in [6.07, 6.45) is 1.52. The molecule has 2 aromatic rings. The predicted molar refractivity (Wildman–Crippen MR) is 97.1 cm³/mol. The van der Waals surface area contributed by atoms with Crippen molar-refractivity contribution in [3.05, 3.63) is 64.2 Å². The Morgan fingerprint density at radius 1 is 1.12 bits per heavy atom. The van der Waals surface area contributed by atoms with Crippen LogP contribution in [0.2, 0.25) is 5.02 Å². The van der Waals surface area contributed by atoms with Gasteiger partial charge in [0, 0.05) is 17.7 Å². The van der Waals surface area contributed by atoms with E-state index in [-0.39, 0.29) is 21.9 Å². The second-order valence-corrected chi connectivity index (χ2v) is 8.19. The van der Waals surface area contributed by atoms with Crippen molar-refractivity contribution < 1.29 is 22.9 Å². The molecule has 0 saturated heterocycles. The molecule has 0 radical (unpaired) electrons. The van der Waals surface area contributed by atoms with E-state index >= 15 is 0 Å². The Labute approximate surface area is 157 Å². The van der Waals surface area contributed by atoms with E-state index in [0.717, 1.165) is 18.2 Å². The number of Topliss-reactive ketones (excluding diaryl/α,β-unsaturated/α-hetero) is 1. The minimum atomic E-state index is -1.23. The number of halogens is 3. The zero-order valence-electron chi connectivity index (χ0n) is 14.2. The molecule has 0 aromatic heterocycles. The topological polar surface area (TPSA) is 49.4 Å². The predicted octanol–water partition coefficient (Wildman–Crippen LogP) is 4.60. The Bertz CT molecular complexity index is 918. The fourth-order valence-electron chi connectivity index (χ4n) is 2.77. The molecular formula is C19H15ClF2O3S. The van der Waals surface area contributed by atoms with Crippen LogP contribution in [-0.4, -0.2) is 22.2 Å². The van der Waals surface area contributed by atoms with Crippen LogP contribution in [0.4, 0.5) is 8.78 Å². The van der Waals surface area contributed by atoms with Crippen molar-refractivity contribution in [3.8, 4) is 0 Å². The van der Waals surface area contributed by atoms with Crippen molar-refractivity contribution in [1.29, 1.82) is 0 Å². The monoisotopic (exact) mass is 396 g/mol. The SMILES string of the molecule is C[S+]([O-])c1ccc(C2=C(c3cc(F)cc(F)c3)C(=O)C(C)(C)O2)c(Cl)c1. The number of hydrogen-bond acceptors (Lipinski definition) is 3. The van der Waals surface area contributed by atoms with Gasteiger partial charge in [0.1, 0.15) is 23.6 Å². The molecule has 7 heteroatoms. The highest BCUT2D eigenvalue weighted by atomic mass is 35.5. The zero-order chi connectivity index (χ0) is 19.2. The Kier molecular flexibility index (Phi) is 4.86. The van der Waals surface area contributed by atoms with Crippen molar-refractivity contribution in [2.45, 2.75) is 24.3 Å². The molecule has 3 rings (SSSR count). The first kappa shape index (κ1) is 18.9. The summed E-state index contributed by atoms with van der Waals surface area (Å²) in [5.41, 5.74) is -0.685. The number of hydrogen-bond donors (Lipinski definition) is 0. The minimum absolute atomic E-state index is 0.0562. The van der Waals surface area contributed by atoms with Gasteiger partial charge in [-0.2, -0.15) is 0 Å². The molecule has 26 heavy (non-hydrogen) atoms. The number of ketones is 1. The molecule has 0 saturated carbocycles.